The van der Waals surface area contributed by atoms with Gasteiger partial charge in [0.2, 0.25) is 0 Å². The van der Waals surface area contributed by atoms with Gasteiger partial charge in [-0.2, -0.15) is 0 Å². The van der Waals surface area contributed by atoms with Crippen LogP contribution in [0.15, 0.2) is 0 Å². The fourth-order valence-electron chi connectivity index (χ4n) is 2.32. The quantitative estimate of drug-likeness (QED) is 0.337. The van der Waals surface area contributed by atoms with E-state index >= 15 is 0 Å². The van der Waals surface area contributed by atoms with Crippen molar-refractivity contribution in [1.29, 1.82) is 0 Å². The van der Waals surface area contributed by atoms with Gasteiger partial charge in [0.1, 0.15) is 0 Å². The van der Waals surface area contributed by atoms with E-state index in [2.05, 4.69) is 33.0 Å². The summed E-state index contributed by atoms with van der Waals surface area (Å²) in [7, 11) is 0. The minimum atomic E-state index is -0.474. The van der Waals surface area contributed by atoms with Crippen LogP contribution in [0.4, 0.5) is 0 Å². The van der Waals surface area contributed by atoms with Crippen LogP contribution in [0.3, 0.4) is 0 Å². The van der Waals surface area contributed by atoms with E-state index in [-0.39, 0.29) is 17.0 Å². The molecule has 0 radical (unpaired) electrons. The molecule has 4 nitrogen and oxygen atoms in total. The van der Waals surface area contributed by atoms with Crippen LogP contribution in [-0.4, -0.2) is 47.9 Å². The number of rotatable bonds is 14. The minimum Gasteiger partial charge on any atom is -0.391 e. The Morgan fingerprint density at radius 3 is 2.32 bits per heavy atom. The number of unbranched alkanes of at least 4 members (excludes halogenated alkanes) is 2. The van der Waals surface area contributed by atoms with E-state index in [4.69, 9.17) is 22.1 Å². The van der Waals surface area contributed by atoms with Crippen molar-refractivity contribution in [3.05, 3.63) is 0 Å². The average molecular weight is 337 g/mol. The third kappa shape index (κ3) is 12.7. The van der Waals surface area contributed by atoms with Crippen molar-refractivity contribution in [2.45, 2.75) is 83.5 Å². The second kappa shape index (κ2) is 11.6. The second-order valence-electron chi connectivity index (χ2n) is 7.38. The van der Waals surface area contributed by atoms with Crippen molar-refractivity contribution in [2.24, 2.45) is 5.73 Å². The molecule has 0 aliphatic carbocycles. The van der Waals surface area contributed by atoms with Gasteiger partial charge in [0.05, 0.1) is 11.7 Å². The number of β-amino-alcohol motifs (C(OH)–C–C–N with tert-alkyl or cyclic N) is 1. The predicted octanol–water partition coefficient (Wildman–Crippen LogP) is 3.05. The minimum absolute atomic E-state index is 0.0175. The SMILES string of the molecule is CC(C)(CCCCOC(C)(C)CCCCN)NCC(O)CCl. The molecule has 22 heavy (non-hydrogen) atoms. The van der Waals surface area contributed by atoms with Crippen LogP contribution in [0.2, 0.25) is 0 Å². The summed E-state index contributed by atoms with van der Waals surface area (Å²) in [6.45, 7) is 10.7. The Morgan fingerprint density at radius 1 is 1.09 bits per heavy atom. The Bertz CT molecular complexity index is 273. The van der Waals surface area contributed by atoms with Gasteiger partial charge in [-0.3, -0.25) is 0 Å². The van der Waals surface area contributed by atoms with Crippen molar-refractivity contribution in [1.82, 2.24) is 5.32 Å². The number of hydrogen-bond donors (Lipinski definition) is 3. The van der Waals surface area contributed by atoms with Gasteiger partial charge in [-0.1, -0.05) is 0 Å². The summed E-state index contributed by atoms with van der Waals surface area (Å²) in [4.78, 5) is 0. The van der Waals surface area contributed by atoms with Crippen LogP contribution < -0.4 is 11.1 Å². The molecule has 5 heteroatoms. The van der Waals surface area contributed by atoms with Crippen molar-refractivity contribution < 1.29 is 9.84 Å². The van der Waals surface area contributed by atoms with E-state index in [9.17, 15) is 5.11 Å². The summed E-state index contributed by atoms with van der Waals surface area (Å²) in [6.07, 6.45) is 6.01. The monoisotopic (exact) mass is 336 g/mol. The fourth-order valence-corrected chi connectivity index (χ4v) is 2.43. The zero-order valence-electron chi connectivity index (χ0n) is 15.0. The Balaban J connectivity index is 3.73. The van der Waals surface area contributed by atoms with E-state index in [0.29, 0.717) is 6.54 Å². The van der Waals surface area contributed by atoms with Gasteiger partial charge in [-0.15, -0.1) is 11.6 Å². The maximum Gasteiger partial charge on any atom is 0.0799 e. The van der Waals surface area contributed by atoms with Crippen LogP contribution in [-0.2, 0) is 4.74 Å². The highest BCUT2D eigenvalue weighted by atomic mass is 35.5. The number of nitrogens with two attached hydrogens (primary N) is 1. The molecule has 134 valence electrons. The molecule has 0 aliphatic heterocycles. The summed E-state index contributed by atoms with van der Waals surface area (Å²) < 4.78 is 5.99. The first-order valence-corrected chi connectivity index (χ1v) is 9.09. The predicted molar refractivity (Wildman–Crippen MR) is 95.6 cm³/mol. The molecule has 0 rings (SSSR count). The van der Waals surface area contributed by atoms with Gasteiger partial charge in [-0.05, 0) is 72.8 Å². The molecular formula is C17H37ClN2O2. The lowest BCUT2D eigenvalue weighted by Gasteiger charge is -2.28. The number of aliphatic hydroxyl groups excluding tert-OH is 1. The number of hydrogen-bond acceptors (Lipinski definition) is 4. The lowest BCUT2D eigenvalue weighted by molar-refractivity contribution is -0.0268. The number of halogens is 1. The highest BCUT2D eigenvalue weighted by molar-refractivity contribution is 6.18. The molecule has 0 bridgehead atoms. The third-order valence-electron chi connectivity index (χ3n) is 3.92. The summed E-state index contributed by atoms with van der Waals surface area (Å²) >= 11 is 5.60. The van der Waals surface area contributed by atoms with Crippen molar-refractivity contribution in [3.8, 4) is 0 Å². The first kappa shape index (κ1) is 22.1. The first-order chi connectivity index (χ1) is 10.2. The zero-order chi connectivity index (χ0) is 17.1. The Kier molecular flexibility index (Phi) is 11.7. The van der Waals surface area contributed by atoms with Crippen molar-refractivity contribution in [3.63, 3.8) is 0 Å². The molecule has 1 atom stereocenters. The molecule has 0 aromatic heterocycles. The van der Waals surface area contributed by atoms with Gasteiger partial charge >= 0.3 is 0 Å². The molecular weight excluding hydrogens is 300 g/mol. The van der Waals surface area contributed by atoms with Gasteiger partial charge in [0.15, 0.2) is 0 Å². The molecule has 0 aliphatic rings. The summed E-state index contributed by atoms with van der Waals surface area (Å²) in [5, 5.41) is 12.9. The maximum atomic E-state index is 9.49. The number of nitrogens with one attached hydrogen (secondary N) is 1. The Hall–Kier alpha value is 0.130. The third-order valence-corrected chi connectivity index (χ3v) is 4.27. The highest BCUT2D eigenvalue weighted by Gasteiger charge is 2.19. The van der Waals surface area contributed by atoms with Gasteiger partial charge in [0.25, 0.3) is 0 Å². The fraction of sp³-hybridized carbons (Fsp3) is 1.00. The smallest absolute Gasteiger partial charge is 0.0799 e. The largest absolute Gasteiger partial charge is 0.391 e. The van der Waals surface area contributed by atoms with Crippen LogP contribution in [0.5, 0.6) is 0 Å². The highest BCUT2D eigenvalue weighted by Crippen LogP contribution is 2.19. The standard InChI is InChI=1S/C17H37ClN2O2/c1-16(2,20-14-15(21)13-18)9-6-8-12-22-17(3,4)10-5-7-11-19/h15,20-21H,5-14,19H2,1-4H3. The molecule has 0 amide bonds. The zero-order valence-corrected chi connectivity index (χ0v) is 15.7. The molecule has 0 aromatic carbocycles. The average Bonchev–Trinajstić information content (AvgIpc) is 2.44. The lowest BCUT2D eigenvalue weighted by Crippen LogP contribution is -2.43. The van der Waals surface area contributed by atoms with Crippen molar-refractivity contribution in [2.75, 3.05) is 25.6 Å². The maximum absolute atomic E-state index is 9.49. The van der Waals surface area contributed by atoms with E-state index in [1.165, 1.54) is 0 Å². The topological polar surface area (TPSA) is 67.5 Å². The molecule has 0 heterocycles. The molecule has 0 aromatic rings. The Morgan fingerprint density at radius 2 is 1.73 bits per heavy atom. The van der Waals surface area contributed by atoms with Gasteiger partial charge in [-0.25, -0.2) is 0 Å². The van der Waals surface area contributed by atoms with E-state index in [1.54, 1.807) is 0 Å². The van der Waals surface area contributed by atoms with Crippen LogP contribution >= 0.6 is 11.6 Å². The summed E-state index contributed by atoms with van der Waals surface area (Å²) in [5.41, 5.74) is 5.49. The summed E-state index contributed by atoms with van der Waals surface area (Å²) in [5.74, 6) is 0.274. The molecule has 4 N–H and O–H groups in total. The molecule has 0 spiro atoms. The van der Waals surface area contributed by atoms with Gasteiger partial charge in [0, 0.05) is 24.6 Å². The van der Waals surface area contributed by atoms with Crippen LogP contribution in [0.25, 0.3) is 0 Å². The van der Waals surface area contributed by atoms with E-state index in [0.717, 1.165) is 51.7 Å². The number of ether oxygens (including phenoxy) is 1. The van der Waals surface area contributed by atoms with Gasteiger partial charge < -0.3 is 20.9 Å². The lowest BCUT2D eigenvalue weighted by atomic mass is 9.97. The van der Waals surface area contributed by atoms with E-state index < -0.39 is 6.10 Å². The molecule has 1 unspecified atom stereocenters. The van der Waals surface area contributed by atoms with E-state index in [1.807, 2.05) is 0 Å². The normalized spacial score (nSPS) is 14.3. The molecule has 0 saturated heterocycles. The Labute approximate surface area is 142 Å². The number of alkyl halides is 1. The molecule has 0 saturated carbocycles. The summed E-state index contributed by atoms with van der Waals surface area (Å²) in [6, 6.07) is 0. The van der Waals surface area contributed by atoms with Crippen LogP contribution in [0, 0.1) is 0 Å². The number of aliphatic hydroxyl groups is 1. The second-order valence-corrected chi connectivity index (χ2v) is 7.69. The first-order valence-electron chi connectivity index (χ1n) is 8.55. The van der Waals surface area contributed by atoms with Crippen molar-refractivity contribution >= 4 is 11.6 Å². The molecule has 0 fully saturated rings. The van der Waals surface area contributed by atoms with Crippen LogP contribution in [0.1, 0.15) is 66.2 Å².